The molecule has 0 amide bonds. The lowest BCUT2D eigenvalue weighted by atomic mass is 10.1. The molecule has 0 radical (unpaired) electrons. The Hall–Kier alpha value is -1.88. The van der Waals surface area contributed by atoms with Crippen molar-refractivity contribution in [3.05, 3.63) is 41.5 Å². The molecule has 0 unspecified atom stereocenters. The fraction of sp³-hybridized carbons (Fsp3) is 0.385. The maximum atomic E-state index is 9.19. The normalized spacial score (nSPS) is 10.7. The Morgan fingerprint density at radius 3 is 2.78 bits per heavy atom. The van der Waals surface area contributed by atoms with Gasteiger partial charge in [-0.1, -0.05) is 17.3 Å². The maximum absolute atomic E-state index is 9.19. The fourth-order valence-electron chi connectivity index (χ4n) is 1.68. The van der Waals surface area contributed by atoms with Gasteiger partial charge in [0.05, 0.1) is 0 Å². The predicted octanol–water partition coefficient (Wildman–Crippen LogP) is 1.52. The monoisotopic (exact) mass is 247 g/mol. The number of phenols is 1. The van der Waals surface area contributed by atoms with Crippen LogP contribution in [0.5, 0.6) is 5.75 Å². The van der Waals surface area contributed by atoms with Crippen LogP contribution in [0.15, 0.2) is 28.8 Å². The number of aromatic nitrogens is 2. The minimum Gasteiger partial charge on any atom is -0.508 e. The third kappa shape index (κ3) is 3.56. The first kappa shape index (κ1) is 12.6. The van der Waals surface area contributed by atoms with Crippen molar-refractivity contribution in [2.75, 3.05) is 13.6 Å². The minimum atomic E-state index is 0.264. The quantitative estimate of drug-likeness (QED) is 0.757. The van der Waals surface area contributed by atoms with Crippen LogP contribution in [0.2, 0.25) is 0 Å². The molecule has 2 rings (SSSR count). The molecule has 0 aliphatic rings. The highest BCUT2D eigenvalue weighted by Crippen LogP contribution is 2.12. The van der Waals surface area contributed by atoms with E-state index in [0.29, 0.717) is 18.1 Å². The van der Waals surface area contributed by atoms with Gasteiger partial charge < -0.3 is 14.9 Å². The van der Waals surface area contributed by atoms with Gasteiger partial charge in [0.1, 0.15) is 5.75 Å². The van der Waals surface area contributed by atoms with E-state index in [2.05, 4.69) is 15.5 Å². The van der Waals surface area contributed by atoms with E-state index in [4.69, 9.17) is 4.52 Å². The summed E-state index contributed by atoms with van der Waals surface area (Å²) in [6.45, 7) is 0.940. The average molecular weight is 247 g/mol. The van der Waals surface area contributed by atoms with Crippen molar-refractivity contribution >= 4 is 0 Å². The summed E-state index contributed by atoms with van der Waals surface area (Å²) in [5, 5.41) is 16.2. The van der Waals surface area contributed by atoms with Crippen LogP contribution in [-0.4, -0.2) is 28.8 Å². The van der Waals surface area contributed by atoms with Crippen molar-refractivity contribution in [2.24, 2.45) is 0 Å². The summed E-state index contributed by atoms with van der Waals surface area (Å²) in [4.78, 5) is 4.33. The Morgan fingerprint density at radius 2 is 2.06 bits per heavy atom. The number of aryl methyl sites for hydroxylation is 1. The van der Waals surface area contributed by atoms with Gasteiger partial charge in [-0.05, 0) is 37.7 Å². The van der Waals surface area contributed by atoms with Crippen molar-refractivity contribution in [3.63, 3.8) is 0 Å². The van der Waals surface area contributed by atoms with E-state index >= 15 is 0 Å². The van der Waals surface area contributed by atoms with Crippen molar-refractivity contribution in [1.29, 1.82) is 0 Å². The Morgan fingerprint density at radius 1 is 1.28 bits per heavy atom. The first-order valence-electron chi connectivity index (χ1n) is 6.02. The fourth-order valence-corrected chi connectivity index (χ4v) is 1.68. The van der Waals surface area contributed by atoms with E-state index < -0.39 is 0 Å². The molecule has 0 spiro atoms. The Labute approximate surface area is 106 Å². The molecule has 1 heterocycles. The lowest BCUT2D eigenvalue weighted by Crippen LogP contribution is -2.08. The first-order chi connectivity index (χ1) is 8.78. The van der Waals surface area contributed by atoms with Gasteiger partial charge in [-0.25, -0.2) is 0 Å². The molecule has 0 saturated carbocycles. The highest BCUT2D eigenvalue weighted by molar-refractivity contribution is 5.27. The van der Waals surface area contributed by atoms with Gasteiger partial charge in [-0.15, -0.1) is 0 Å². The van der Waals surface area contributed by atoms with Crippen LogP contribution < -0.4 is 5.32 Å². The molecule has 1 aromatic heterocycles. The molecular formula is C13H17N3O2. The zero-order valence-corrected chi connectivity index (χ0v) is 10.4. The molecule has 96 valence electrons. The topological polar surface area (TPSA) is 71.2 Å². The van der Waals surface area contributed by atoms with Crippen LogP contribution in [0.3, 0.4) is 0 Å². The third-order valence-corrected chi connectivity index (χ3v) is 2.63. The van der Waals surface area contributed by atoms with Crippen molar-refractivity contribution in [1.82, 2.24) is 15.5 Å². The van der Waals surface area contributed by atoms with E-state index in [1.807, 2.05) is 19.2 Å². The van der Waals surface area contributed by atoms with E-state index in [0.717, 1.165) is 24.9 Å². The first-order valence-corrected chi connectivity index (χ1v) is 6.02. The van der Waals surface area contributed by atoms with Crippen molar-refractivity contribution < 1.29 is 9.63 Å². The van der Waals surface area contributed by atoms with Gasteiger partial charge in [-0.3, -0.25) is 0 Å². The molecule has 18 heavy (non-hydrogen) atoms. The molecule has 0 atom stereocenters. The number of rotatable bonds is 6. The SMILES string of the molecule is CNCCCc1nc(Cc2ccc(O)cc2)no1. The Bertz CT molecular complexity index is 479. The molecule has 0 fully saturated rings. The van der Waals surface area contributed by atoms with E-state index in [1.165, 1.54) is 0 Å². The van der Waals surface area contributed by atoms with Gasteiger partial charge in [-0.2, -0.15) is 4.98 Å². The highest BCUT2D eigenvalue weighted by Gasteiger charge is 2.06. The third-order valence-electron chi connectivity index (χ3n) is 2.63. The van der Waals surface area contributed by atoms with E-state index in [-0.39, 0.29) is 5.75 Å². The second-order valence-corrected chi connectivity index (χ2v) is 4.15. The number of aromatic hydroxyl groups is 1. The molecular weight excluding hydrogens is 230 g/mol. The van der Waals surface area contributed by atoms with Crippen LogP contribution in [0.25, 0.3) is 0 Å². The van der Waals surface area contributed by atoms with Crippen LogP contribution in [-0.2, 0) is 12.8 Å². The zero-order chi connectivity index (χ0) is 12.8. The summed E-state index contributed by atoms with van der Waals surface area (Å²) in [5.41, 5.74) is 1.05. The number of nitrogens with zero attached hydrogens (tertiary/aromatic N) is 2. The molecule has 2 aromatic rings. The van der Waals surface area contributed by atoms with Crippen LogP contribution in [0, 0.1) is 0 Å². The Balaban J connectivity index is 1.91. The molecule has 5 heteroatoms. The van der Waals surface area contributed by atoms with Crippen LogP contribution >= 0.6 is 0 Å². The molecule has 0 aliphatic heterocycles. The molecule has 2 N–H and O–H groups in total. The molecule has 0 aliphatic carbocycles. The number of nitrogens with one attached hydrogen (secondary N) is 1. The molecule has 0 bridgehead atoms. The van der Waals surface area contributed by atoms with Crippen molar-refractivity contribution in [3.8, 4) is 5.75 Å². The number of hydrogen-bond donors (Lipinski definition) is 2. The summed E-state index contributed by atoms with van der Waals surface area (Å²) in [5.74, 6) is 1.62. The van der Waals surface area contributed by atoms with Gasteiger partial charge in [0.25, 0.3) is 0 Å². The minimum absolute atomic E-state index is 0.264. The number of benzene rings is 1. The standard InChI is InChI=1S/C13H17N3O2/c1-14-8-2-3-13-15-12(16-18-13)9-10-4-6-11(17)7-5-10/h4-7,14,17H,2-3,8-9H2,1H3. The maximum Gasteiger partial charge on any atom is 0.226 e. The Kier molecular flexibility index (Phi) is 4.30. The number of hydrogen-bond acceptors (Lipinski definition) is 5. The zero-order valence-electron chi connectivity index (χ0n) is 10.4. The van der Waals surface area contributed by atoms with Gasteiger partial charge in [0.15, 0.2) is 5.82 Å². The van der Waals surface area contributed by atoms with E-state index in [9.17, 15) is 5.11 Å². The van der Waals surface area contributed by atoms with Gasteiger partial charge in [0.2, 0.25) is 5.89 Å². The second kappa shape index (κ2) is 6.16. The van der Waals surface area contributed by atoms with E-state index in [1.54, 1.807) is 12.1 Å². The summed E-state index contributed by atoms with van der Waals surface area (Å²) in [6.07, 6.45) is 2.40. The molecule has 5 nitrogen and oxygen atoms in total. The van der Waals surface area contributed by atoms with Gasteiger partial charge in [0, 0.05) is 12.8 Å². The number of phenolic OH excluding ortho intramolecular Hbond substituents is 1. The molecule has 0 saturated heterocycles. The molecule has 1 aromatic carbocycles. The van der Waals surface area contributed by atoms with Gasteiger partial charge >= 0.3 is 0 Å². The average Bonchev–Trinajstić information content (AvgIpc) is 2.80. The predicted molar refractivity (Wildman–Crippen MR) is 67.5 cm³/mol. The smallest absolute Gasteiger partial charge is 0.226 e. The second-order valence-electron chi connectivity index (χ2n) is 4.15. The summed E-state index contributed by atoms with van der Waals surface area (Å²) in [6, 6.07) is 7.02. The largest absolute Gasteiger partial charge is 0.508 e. The van der Waals surface area contributed by atoms with Crippen molar-refractivity contribution in [2.45, 2.75) is 19.3 Å². The van der Waals surface area contributed by atoms with Crippen LogP contribution in [0.1, 0.15) is 23.7 Å². The summed E-state index contributed by atoms with van der Waals surface area (Å²) < 4.78 is 5.17. The summed E-state index contributed by atoms with van der Waals surface area (Å²) in [7, 11) is 1.92. The highest BCUT2D eigenvalue weighted by atomic mass is 16.5. The lowest BCUT2D eigenvalue weighted by molar-refractivity contribution is 0.370. The lowest BCUT2D eigenvalue weighted by Gasteiger charge is -1.96. The summed E-state index contributed by atoms with van der Waals surface area (Å²) >= 11 is 0. The van der Waals surface area contributed by atoms with Crippen LogP contribution in [0.4, 0.5) is 0 Å².